The number of hydrogen-bond acceptors (Lipinski definition) is 3. The zero-order valence-corrected chi connectivity index (χ0v) is 11.7. The lowest BCUT2D eigenvalue weighted by molar-refractivity contribution is 0.0143. The first-order valence-electron chi connectivity index (χ1n) is 6.91. The maximum Gasteiger partial charge on any atom is 0.0993 e. The molecule has 0 aliphatic carbocycles. The second-order valence-corrected chi connectivity index (χ2v) is 4.56. The summed E-state index contributed by atoms with van der Waals surface area (Å²) in [7, 11) is 0. The summed E-state index contributed by atoms with van der Waals surface area (Å²) >= 11 is 0. The quantitative estimate of drug-likeness (QED) is 0.550. The lowest BCUT2D eigenvalue weighted by Crippen LogP contribution is -2.45. The van der Waals surface area contributed by atoms with Gasteiger partial charge in [0.15, 0.2) is 0 Å². The molecular weight excluding hydrogens is 224 g/mol. The molecule has 0 saturated carbocycles. The van der Waals surface area contributed by atoms with Gasteiger partial charge in [0.25, 0.3) is 0 Å². The van der Waals surface area contributed by atoms with Crippen LogP contribution >= 0.6 is 0 Å². The molecule has 3 heteroatoms. The van der Waals surface area contributed by atoms with E-state index in [9.17, 15) is 0 Å². The van der Waals surface area contributed by atoms with E-state index in [1.165, 1.54) is 5.56 Å². The molecule has 18 heavy (non-hydrogen) atoms. The lowest BCUT2D eigenvalue weighted by Gasteiger charge is -2.32. The van der Waals surface area contributed by atoms with Crippen molar-refractivity contribution in [3.05, 3.63) is 35.9 Å². The van der Waals surface area contributed by atoms with Gasteiger partial charge in [-0.15, -0.1) is 0 Å². The monoisotopic (exact) mass is 250 g/mol. The molecule has 0 fully saturated rings. The number of ether oxygens (including phenoxy) is 1. The zero-order chi connectivity index (χ0) is 13.4. The molecule has 2 unspecified atom stereocenters. The lowest BCUT2D eigenvalue weighted by atomic mass is 9.87. The van der Waals surface area contributed by atoms with E-state index in [4.69, 9.17) is 10.6 Å². The Kier molecular flexibility index (Phi) is 6.94. The Morgan fingerprint density at radius 2 is 1.72 bits per heavy atom. The largest absolute Gasteiger partial charge is 0.372 e. The topological polar surface area (TPSA) is 47.3 Å². The van der Waals surface area contributed by atoms with Crippen LogP contribution in [0.3, 0.4) is 0 Å². The summed E-state index contributed by atoms with van der Waals surface area (Å²) in [5.41, 5.74) is 4.15. The van der Waals surface area contributed by atoms with Crippen molar-refractivity contribution in [2.75, 3.05) is 6.61 Å². The van der Waals surface area contributed by atoms with Gasteiger partial charge >= 0.3 is 0 Å². The van der Waals surface area contributed by atoms with Crippen molar-refractivity contribution in [1.82, 2.24) is 5.43 Å². The van der Waals surface area contributed by atoms with Crippen LogP contribution in [0, 0.1) is 5.92 Å². The van der Waals surface area contributed by atoms with Crippen molar-refractivity contribution >= 4 is 0 Å². The van der Waals surface area contributed by atoms with Crippen molar-refractivity contribution in [2.45, 2.75) is 45.8 Å². The Labute approximate surface area is 111 Å². The average molecular weight is 250 g/mol. The standard InChI is InChI=1S/C15H26N2O/c1-4-12(5-2)14(17-16)15(18-6-3)13-10-8-7-9-11-13/h7-12,14-15,17H,4-6,16H2,1-3H3. The van der Waals surface area contributed by atoms with E-state index in [0.717, 1.165) is 12.8 Å². The summed E-state index contributed by atoms with van der Waals surface area (Å²) in [5.74, 6) is 6.28. The fourth-order valence-electron chi connectivity index (χ4n) is 2.50. The van der Waals surface area contributed by atoms with E-state index >= 15 is 0 Å². The molecular formula is C15H26N2O. The SMILES string of the molecule is CCOC(c1ccccc1)C(NN)C(CC)CC. The van der Waals surface area contributed by atoms with Crippen LogP contribution in [-0.4, -0.2) is 12.6 Å². The molecule has 0 spiro atoms. The molecule has 2 atom stereocenters. The fraction of sp³-hybridized carbons (Fsp3) is 0.600. The molecule has 3 nitrogen and oxygen atoms in total. The van der Waals surface area contributed by atoms with Gasteiger partial charge in [0.1, 0.15) is 0 Å². The number of nitrogens with one attached hydrogen (secondary N) is 1. The Balaban J connectivity index is 2.94. The Morgan fingerprint density at radius 1 is 1.11 bits per heavy atom. The molecule has 0 bridgehead atoms. The molecule has 0 aromatic heterocycles. The van der Waals surface area contributed by atoms with Crippen molar-refractivity contribution in [3.8, 4) is 0 Å². The molecule has 102 valence electrons. The second-order valence-electron chi connectivity index (χ2n) is 4.56. The minimum atomic E-state index is 0.0195. The van der Waals surface area contributed by atoms with Crippen LogP contribution in [0.4, 0.5) is 0 Å². The van der Waals surface area contributed by atoms with Crippen molar-refractivity contribution in [2.24, 2.45) is 11.8 Å². The summed E-state index contributed by atoms with van der Waals surface area (Å²) < 4.78 is 5.92. The Hall–Kier alpha value is -0.900. The van der Waals surface area contributed by atoms with Gasteiger partial charge in [0.2, 0.25) is 0 Å². The average Bonchev–Trinajstić information content (AvgIpc) is 2.43. The summed E-state index contributed by atoms with van der Waals surface area (Å²) in [4.78, 5) is 0. The number of hydrazine groups is 1. The van der Waals surface area contributed by atoms with E-state index in [2.05, 4.69) is 31.4 Å². The maximum absolute atomic E-state index is 5.92. The predicted molar refractivity (Wildman–Crippen MR) is 76.0 cm³/mol. The second kappa shape index (κ2) is 8.25. The molecule has 1 aromatic rings. The summed E-state index contributed by atoms with van der Waals surface area (Å²) in [5, 5.41) is 0. The van der Waals surface area contributed by atoms with Crippen LogP contribution in [0.15, 0.2) is 30.3 Å². The molecule has 0 aliphatic heterocycles. The van der Waals surface area contributed by atoms with E-state index < -0.39 is 0 Å². The molecule has 1 aromatic carbocycles. The van der Waals surface area contributed by atoms with Gasteiger partial charge < -0.3 is 4.74 Å². The summed E-state index contributed by atoms with van der Waals surface area (Å²) in [6.07, 6.45) is 2.22. The predicted octanol–water partition coefficient (Wildman–Crippen LogP) is 3.03. The first kappa shape index (κ1) is 15.2. The molecule has 0 radical (unpaired) electrons. The van der Waals surface area contributed by atoms with Crippen molar-refractivity contribution in [3.63, 3.8) is 0 Å². The third kappa shape index (κ3) is 3.80. The molecule has 0 saturated heterocycles. The Bertz CT molecular complexity index is 312. The van der Waals surface area contributed by atoms with Crippen LogP contribution in [0.1, 0.15) is 45.3 Å². The zero-order valence-electron chi connectivity index (χ0n) is 11.7. The van der Waals surface area contributed by atoms with Gasteiger partial charge in [0.05, 0.1) is 12.1 Å². The highest BCUT2D eigenvalue weighted by molar-refractivity contribution is 5.19. The van der Waals surface area contributed by atoms with Gasteiger partial charge in [-0.25, -0.2) is 0 Å². The van der Waals surface area contributed by atoms with E-state index in [1.54, 1.807) is 0 Å². The number of benzene rings is 1. The highest BCUT2D eigenvalue weighted by atomic mass is 16.5. The maximum atomic E-state index is 5.92. The fourth-order valence-corrected chi connectivity index (χ4v) is 2.50. The molecule has 1 rings (SSSR count). The smallest absolute Gasteiger partial charge is 0.0993 e. The molecule has 0 aliphatic rings. The first-order valence-corrected chi connectivity index (χ1v) is 6.91. The van der Waals surface area contributed by atoms with Gasteiger partial charge in [-0.3, -0.25) is 11.3 Å². The van der Waals surface area contributed by atoms with Crippen LogP contribution in [0.25, 0.3) is 0 Å². The highest BCUT2D eigenvalue weighted by Crippen LogP contribution is 2.28. The van der Waals surface area contributed by atoms with Crippen LogP contribution in [-0.2, 0) is 4.74 Å². The van der Waals surface area contributed by atoms with Crippen molar-refractivity contribution in [1.29, 1.82) is 0 Å². The highest BCUT2D eigenvalue weighted by Gasteiger charge is 2.28. The summed E-state index contributed by atoms with van der Waals surface area (Å²) in [6.45, 7) is 7.12. The van der Waals surface area contributed by atoms with Gasteiger partial charge in [-0.05, 0) is 18.4 Å². The molecule has 0 heterocycles. The number of rotatable bonds is 8. The summed E-state index contributed by atoms with van der Waals surface area (Å²) in [6, 6.07) is 10.5. The van der Waals surface area contributed by atoms with Gasteiger partial charge in [-0.1, -0.05) is 57.0 Å². The third-order valence-corrected chi connectivity index (χ3v) is 3.55. The first-order chi connectivity index (χ1) is 8.78. The third-order valence-electron chi connectivity index (χ3n) is 3.55. The number of nitrogens with two attached hydrogens (primary N) is 1. The minimum absolute atomic E-state index is 0.0195. The van der Waals surface area contributed by atoms with E-state index in [-0.39, 0.29) is 12.1 Å². The normalized spacial score (nSPS) is 14.7. The Morgan fingerprint density at radius 3 is 2.17 bits per heavy atom. The van der Waals surface area contributed by atoms with E-state index in [1.807, 2.05) is 25.1 Å². The molecule has 3 N–H and O–H groups in total. The molecule has 0 amide bonds. The van der Waals surface area contributed by atoms with Crippen molar-refractivity contribution < 1.29 is 4.74 Å². The number of hydrogen-bond donors (Lipinski definition) is 2. The van der Waals surface area contributed by atoms with Crippen LogP contribution in [0.5, 0.6) is 0 Å². The van der Waals surface area contributed by atoms with Crippen LogP contribution in [0.2, 0.25) is 0 Å². The van der Waals surface area contributed by atoms with Gasteiger partial charge in [0, 0.05) is 6.61 Å². The van der Waals surface area contributed by atoms with Crippen LogP contribution < -0.4 is 11.3 Å². The van der Waals surface area contributed by atoms with Gasteiger partial charge in [-0.2, -0.15) is 0 Å². The minimum Gasteiger partial charge on any atom is -0.372 e. The van der Waals surface area contributed by atoms with E-state index in [0.29, 0.717) is 12.5 Å².